The summed E-state index contributed by atoms with van der Waals surface area (Å²) in [6.07, 6.45) is 0. The predicted octanol–water partition coefficient (Wildman–Crippen LogP) is 4.64. The maximum atomic E-state index is 12.8. The van der Waals surface area contributed by atoms with Gasteiger partial charge in [0.1, 0.15) is 5.75 Å². The highest BCUT2D eigenvalue weighted by molar-refractivity contribution is 6.07. The van der Waals surface area contributed by atoms with Crippen LogP contribution in [0.3, 0.4) is 0 Å². The molecule has 0 atom stereocenters. The molecule has 0 unspecified atom stereocenters. The van der Waals surface area contributed by atoms with E-state index in [-0.39, 0.29) is 5.91 Å². The van der Waals surface area contributed by atoms with E-state index in [9.17, 15) is 4.79 Å². The second-order valence-electron chi connectivity index (χ2n) is 5.48. The van der Waals surface area contributed by atoms with E-state index in [0.29, 0.717) is 5.56 Å². The Bertz CT molecular complexity index is 829. The molecule has 120 valence electrons. The minimum Gasteiger partial charge on any atom is -0.497 e. The summed E-state index contributed by atoms with van der Waals surface area (Å²) >= 11 is 0. The fraction of sp³-hybridized carbons (Fsp3) is 0.0952. The summed E-state index contributed by atoms with van der Waals surface area (Å²) in [5, 5.41) is 0. The van der Waals surface area contributed by atoms with Gasteiger partial charge in [0.05, 0.1) is 12.8 Å². The highest BCUT2D eigenvalue weighted by Crippen LogP contribution is 2.34. The predicted molar refractivity (Wildman–Crippen MR) is 97.6 cm³/mol. The molecular weight excluding hydrogens is 298 g/mol. The summed E-state index contributed by atoms with van der Waals surface area (Å²) in [6, 6.07) is 25.0. The first-order valence-corrected chi connectivity index (χ1v) is 7.77. The topological polar surface area (TPSA) is 29.5 Å². The molecule has 0 bridgehead atoms. The summed E-state index contributed by atoms with van der Waals surface area (Å²) in [7, 11) is 3.44. The summed E-state index contributed by atoms with van der Waals surface area (Å²) in [5.41, 5.74) is 3.51. The standard InChI is InChI=1S/C21H19NO2/c1-22(21(23)17-11-7-4-8-12-17)20-14-13-18(24-2)15-19(20)16-9-5-3-6-10-16/h3-15H,1-2H3. The van der Waals surface area contributed by atoms with Gasteiger partial charge in [-0.3, -0.25) is 4.79 Å². The van der Waals surface area contributed by atoms with Crippen molar-refractivity contribution >= 4 is 11.6 Å². The van der Waals surface area contributed by atoms with E-state index in [4.69, 9.17) is 4.74 Å². The molecule has 0 saturated carbocycles. The molecule has 1 amide bonds. The lowest BCUT2D eigenvalue weighted by Gasteiger charge is -2.22. The highest BCUT2D eigenvalue weighted by Gasteiger charge is 2.17. The highest BCUT2D eigenvalue weighted by atomic mass is 16.5. The van der Waals surface area contributed by atoms with Crippen molar-refractivity contribution in [3.05, 3.63) is 84.4 Å². The molecule has 3 nitrogen and oxygen atoms in total. The first-order chi connectivity index (χ1) is 11.7. The Morgan fingerprint density at radius 3 is 2.12 bits per heavy atom. The Labute approximate surface area is 142 Å². The molecule has 0 heterocycles. The number of benzene rings is 3. The van der Waals surface area contributed by atoms with Crippen LogP contribution in [-0.2, 0) is 0 Å². The van der Waals surface area contributed by atoms with Crippen LogP contribution in [-0.4, -0.2) is 20.1 Å². The average Bonchev–Trinajstić information content (AvgIpc) is 2.67. The van der Waals surface area contributed by atoms with Gasteiger partial charge in [-0.15, -0.1) is 0 Å². The molecular formula is C21H19NO2. The number of ether oxygens (including phenoxy) is 1. The molecule has 3 heteroatoms. The minimum atomic E-state index is -0.0436. The van der Waals surface area contributed by atoms with Crippen LogP contribution in [0.15, 0.2) is 78.9 Å². The van der Waals surface area contributed by atoms with Crippen LogP contribution < -0.4 is 9.64 Å². The van der Waals surface area contributed by atoms with E-state index < -0.39 is 0 Å². The van der Waals surface area contributed by atoms with Gasteiger partial charge in [0.15, 0.2) is 0 Å². The third-order valence-electron chi connectivity index (χ3n) is 3.98. The summed E-state index contributed by atoms with van der Waals surface area (Å²) < 4.78 is 5.35. The molecule has 3 rings (SSSR count). The molecule has 0 aromatic heterocycles. The number of hydrogen-bond donors (Lipinski definition) is 0. The number of methoxy groups -OCH3 is 1. The molecule has 0 saturated heterocycles. The Morgan fingerprint density at radius 1 is 0.875 bits per heavy atom. The summed E-state index contributed by atoms with van der Waals surface area (Å²) in [4.78, 5) is 14.5. The maximum absolute atomic E-state index is 12.8. The van der Waals surface area contributed by atoms with Crippen LogP contribution in [0.2, 0.25) is 0 Å². The fourth-order valence-corrected chi connectivity index (χ4v) is 2.67. The van der Waals surface area contributed by atoms with E-state index in [1.807, 2.05) is 78.9 Å². The van der Waals surface area contributed by atoms with Gasteiger partial charge in [0, 0.05) is 18.2 Å². The molecule has 0 aliphatic carbocycles. The molecule has 24 heavy (non-hydrogen) atoms. The van der Waals surface area contributed by atoms with Gasteiger partial charge in [-0.2, -0.15) is 0 Å². The number of nitrogens with zero attached hydrogens (tertiary/aromatic N) is 1. The number of carbonyl (C=O) groups excluding carboxylic acids is 1. The van der Waals surface area contributed by atoms with Crippen LogP contribution in [0, 0.1) is 0 Å². The van der Waals surface area contributed by atoms with Crippen molar-refractivity contribution in [2.75, 3.05) is 19.1 Å². The lowest BCUT2D eigenvalue weighted by molar-refractivity contribution is 0.0993. The zero-order valence-corrected chi connectivity index (χ0v) is 13.8. The van der Waals surface area contributed by atoms with E-state index in [1.54, 1.807) is 19.1 Å². The second kappa shape index (κ2) is 7.01. The van der Waals surface area contributed by atoms with E-state index in [0.717, 1.165) is 22.6 Å². The van der Waals surface area contributed by atoms with Gasteiger partial charge in [0.2, 0.25) is 0 Å². The normalized spacial score (nSPS) is 10.2. The Balaban J connectivity index is 2.05. The third-order valence-corrected chi connectivity index (χ3v) is 3.98. The molecule has 0 aliphatic rings. The number of anilines is 1. The quantitative estimate of drug-likeness (QED) is 0.701. The largest absolute Gasteiger partial charge is 0.497 e. The SMILES string of the molecule is COc1ccc(N(C)C(=O)c2ccccc2)c(-c2ccccc2)c1. The lowest BCUT2D eigenvalue weighted by Crippen LogP contribution is -2.26. The lowest BCUT2D eigenvalue weighted by atomic mass is 10.0. The van der Waals surface area contributed by atoms with E-state index in [2.05, 4.69) is 0 Å². The summed E-state index contributed by atoms with van der Waals surface area (Å²) in [5.74, 6) is 0.719. The van der Waals surface area contributed by atoms with E-state index in [1.165, 1.54) is 0 Å². The van der Waals surface area contributed by atoms with Crippen LogP contribution in [0.1, 0.15) is 10.4 Å². The van der Waals surface area contributed by atoms with Crippen molar-refractivity contribution in [2.24, 2.45) is 0 Å². The zero-order chi connectivity index (χ0) is 16.9. The maximum Gasteiger partial charge on any atom is 0.258 e. The molecule has 0 spiro atoms. The molecule has 3 aromatic rings. The van der Waals surface area contributed by atoms with Crippen LogP contribution in [0.5, 0.6) is 5.75 Å². The molecule has 0 aliphatic heterocycles. The Hall–Kier alpha value is -3.07. The minimum absolute atomic E-state index is 0.0436. The van der Waals surface area contributed by atoms with Crippen molar-refractivity contribution in [3.8, 4) is 16.9 Å². The van der Waals surface area contributed by atoms with E-state index >= 15 is 0 Å². The fourth-order valence-electron chi connectivity index (χ4n) is 2.67. The van der Waals surface area contributed by atoms with Gasteiger partial charge in [0.25, 0.3) is 5.91 Å². The van der Waals surface area contributed by atoms with Crippen molar-refractivity contribution in [3.63, 3.8) is 0 Å². The van der Waals surface area contributed by atoms with Crippen molar-refractivity contribution < 1.29 is 9.53 Å². The average molecular weight is 317 g/mol. The van der Waals surface area contributed by atoms with Crippen LogP contribution >= 0.6 is 0 Å². The number of hydrogen-bond acceptors (Lipinski definition) is 2. The van der Waals surface area contributed by atoms with Gasteiger partial charge < -0.3 is 9.64 Å². The third kappa shape index (κ3) is 3.15. The number of amides is 1. The van der Waals surface area contributed by atoms with Gasteiger partial charge >= 0.3 is 0 Å². The zero-order valence-electron chi connectivity index (χ0n) is 13.8. The van der Waals surface area contributed by atoms with Crippen molar-refractivity contribution in [2.45, 2.75) is 0 Å². The van der Waals surface area contributed by atoms with Gasteiger partial charge in [-0.1, -0.05) is 48.5 Å². The Kier molecular flexibility index (Phi) is 4.62. The van der Waals surface area contributed by atoms with Crippen molar-refractivity contribution in [1.29, 1.82) is 0 Å². The molecule has 0 radical (unpaired) electrons. The molecule has 3 aromatic carbocycles. The summed E-state index contributed by atoms with van der Waals surface area (Å²) in [6.45, 7) is 0. The van der Waals surface area contributed by atoms with Gasteiger partial charge in [-0.25, -0.2) is 0 Å². The monoisotopic (exact) mass is 317 g/mol. The smallest absolute Gasteiger partial charge is 0.258 e. The number of carbonyl (C=O) groups is 1. The Morgan fingerprint density at radius 2 is 1.50 bits per heavy atom. The first kappa shape index (κ1) is 15.8. The second-order valence-corrected chi connectivity index (χ2v) is 5.48. The number of rotatable bonds is 4. The van der Waals surface area contributed by atoms with Gasteiger partial charge in [-0.05, 0) is 35.9 Å². The molecule has 0 fully saturated rings. The van der Waals surface area contributed by atoms with Crippen LogP contribution in [0.4, 0.5) is 5.69 Å². The van der Waals surface area contributed by atoms with Crippen LogP contribution in [0.25, 0.3) is 11.1 Å². The van der Waals surface area contributed by atoms with Crippen molar-refractivity contribution in [1.82, 2.24) is 0 Å². The molecule has 0 N–H and O–H groups in total. The first-order valence-electron chi connectivity index (χ1n) is 7.77.